The summed E-state index contributed by atoms with van der Waals surface area (Å²) in [6, 6.07) is 22.9. The maximum atomic E-state index is 13.0. The Bertz CT molecular complexity index is 1210. The molecule has 1 aromatic heterocycles. The van der Waals surface area contributed by atoms with Gasteiger partial charge in [-0.2, -0.15) is 0 Å². The van der Waals surface area contributed by atoms with Crippen LogP contribution in [0.5, 0.6) is 17.2 Å². The molecule has 0 aliphatic heterocycles. The van der Waals surface area contributed by atoms with E-state index in [1.165, 1.54) is 5.56 Å². The molecule has 0 amide bonds. The molecule has 32 heavy (non-hydrogen) atoms. The lowest BCUT2D eigenvalue weighted by Gasteiger charge is -2.11. The van der Waals surface area contributed by atoms with E-state index in [4.69, 9.17) is 9.47 Å². The zero-order valence-corrected chi connectivity index (χ0v) is 18.6. The summed E-state index contributed by atoms with van der Waals surface area (Å²) >= 11 is 0. The number of ether oxygens (including phenoxy) is 2. The number of aryl methyl sites for hydroxylation is 1. The zero-order chi connectivity index (χ0) is 22.5. The summed E-state index contributed by atoms with van der Waals surface area (Å²) in [6.45, 7) is 3.50. The highest BCUT2D eigenvalue weighted by atomic mass is 16.5. The van der Waals surface area contributed by atoms with E-state index in [1.54, 1.807) is 21.5 Å². The molecule has 0 saturated heterocycles. The van der Waals surface area contributed by atoms with Gasteiger partial charge in [-0.05, 0) is 81.7 Å². The van der Waals surface area contributed by atoms with Crippen LogP contribution in [0.25, 0.3) is 11.4 Å². The van der Waals surface area contributed by atoms with E-state index in [0.717, 1.165) is 35.2 Å². The Morgan fingerprint density at radius 3 is 1.69 bits per heavy atom. The number of aromatic nitrogens is 2. The average molecular weight is 430 g/mol. The molecule has 0 radical (unpaired) electrons. The van der Waals surface area contributed by atoms with E-state index in [0.29, 0.717) is 6.61 Å². The second-order valence-electron chi connectivity index (χ2n) is 7.88. The number of imidazole rings is 1. The first-order chi connectivity index (χ1) is 15.5. The largest absolute Gasteiger partial charge is 0.492 e. The van der Waals surface area contributed by atoms with Gasteiger partial charge in [0.1, 0.15) is 23.9 Å². The van der Waals surface area contributed by atoms with Crippen molar-refractivity contribution in [3.05, 3.63) is 101 Å². The number of nitrogens with zero attached hydrogens (tertiary/aromatic N) is 3. The highest BCUT2D eigenvalue weighted by Gasteiger charge is 2.08. The topological polar surface area (TPSA) is 48.6 Å². The molecule has 0 atom stereocenters. The molecule has 164 valence electrons. The molecule has 0 unspecified atom stereocenters. The Morgan fingerprint density at radius 1 is 0.719 bits per heavy atom. The molecule has 0 saturated carbocycles. The van der Waals surface area contributed by atoms with Gasteiger partial charge in [-0.15, -0.1) is 0 Å². The third kappa shape index (κ3) is 5.10. The monoisotopic (exact) mass is 429 g/mol. The zero-order valence-electron chi connectivity index (χ0n) is 18.6. The van der Waals surface area contributed by atoms with Crippen LogP contribution in [0.3, 0.4) is 0 Å². The molecule has 0 aliphatic rings. The van der Waals surface area contributed by atoms with Gasteiger partial charge in [-0.3, -0.25) is 9.13 Å². The fourth-order valence-electron chi connectivity index (χ4n) is 3.24. The molecule has 1 heterocycles. The molecule has 6 heteroatoms. The summed E-state index contributed by atoms with van der Waals surface area (Å²) in [4.78, 5) is 15.0. The first-order valence-corrected chi connectivity index (χ1v) is 10.5. The lowest BCUT2D eigenvalue weighted by Crippen LogP contribution is -2.21. The Balaban J connectivity index is 1.46. The van der Waals surface area contributed by atoms with Crippen LogP contribution in [0, 0.1) is 6.92 Å². The maximum Gasteiger partial charge on any atom is 0.337 e. The van der Waals surface area contributed by atoms with Gasteiger partial charge in [-0.1, -0.05) is 17.7 Å². The van der Waals surface area contributed by atoms with Crippen molar-refractivity contribution in [1.82, 2.24) is 14.0 Å². The summed E-state index contributed by atoms with van der Waals surface area (Å²) in [6.07, 6.45) is 3.53. The predicted octanol–water partition coefficient (Wildman–Crippen LogP) is 4.67. The van der Waals surface area contributed by atoms with Gasteiger partial charge in [0.25, 0.3) is 0 Å². The van der Waals surface area contributed by atoms with Gasteiger partial charge < -0.3 is 14.4 Å². The molecular formula is C26H27N3O3. The molecule has 0 bridgehead atoms. The molecule has 0 N–H and O–H groups in total. The van der Waals surface area contributed by atoms with Crippen LogP contribution in [0.4, 0.5) is 0 Å². The van der Waals surface area contributed by atoms with Crippen molar-refractivity contribution in [3.63, 3.8) is 0 Å². The summed E-state index contributed by atoms with van der Waals surface area (Å²) in [7, 11) is 4.02. The lowest BCUT2D eigenvalue weighted by atomic mass is 10.2. The van der Waals surface area contributed by atoms with E-state index in [2.05, 4.69) is 4.90 Å². The van der Waals surface area contributed by atoms with Crippen molar-refractivity contribution in [3.8, 4) is 28.6 Å². The van der Waals surface area contributed by atoms with Gasteiger partial charge in [-0.25, -0.2) is 4.79 Å². The molecule has 3 aromatic carbocycles. The van der Waals surface area contributed by atoms with E-state index in [9.17, 15) is 4.79 Å². The highest BCUT2D eigenvalue weighted by Crippen LogP contribution is 2.23. The van der Waals surface area contributed by atoms with Crippen molar-refractivity contribution < 1.29 is 9.47 Å². The Labute approximate surface area is 187 Å². The van der Waals surface area contributed by atoms with Crippen LogP contribution in [0.1, 0.15) is 5.56 Å². The van der Waals surface area contributed by atoms with Crippen LogP contribution in [-0.2, 0) is 0 Å². The molecule has 4 rings (SSSR count). The van der Waals surface area contributed by atoms with Crippen molar-refractivity contribution in [2.45, 2.75) is 6.92 Å². The van der Waals surface area contributed by atoms with Gasteiger partial charge in [0, 0.05) is 18.9 Å². The highest BCUT2D eigenvalue weighted by molar-refractivity contribution is 5.42. The fraction of sp³-hybridized carbons (Fsp3) is 0.192. The first-order valence-electron chi connectivity index (χ1n) is 10.5. The lowest BCUT2D eigenvalue weighted by molar-refractivity contribution is 0.261. The second-order valence-corrected chi connectivity index (χ2v) is 7.88. The van der Waals surface area contributed by atoms with E-state index < -0.39 is 0 Å². The van der Waals surface area contributed by atoms with Gasteiger partial charge in [0.15, 0.2) is 0 Å². The van der Waals surface area contributed by atoms with Gasteiger partial charge in [0.05, 0.1) is 11.4 Å². The average Bonchev–Trinajstić information content (AvgIpc) is 3.17. The van der Waals surface area contributed by atoms with Crippen LogP contribution in [0.2, 0.25) is 0 Å². The summed E-state index contributed by atoms with van der Waals surface area (Å²) < 4.78 is 14.8. The van der Waals surface area contributed by atoms with Crippen molar-refractivity contribution in [2.24, 2.45) is 0 Å². The van der Waals surface area contributed by atoms with Crippen molar-refractivity contribution >= 4 is 0 Å². The minimum atomic E-state index is -0.140. The third-order valence-corrected chi connectivity index (χ3v) is 5.07. The summed E-state index contributed by atoms with van der Waals surface area (Å²) in [5, 5.41) is 0. The van der Waals surface area contributed by atoms with Crippen LogP contribution < -0.4 is 15.2 Å². The SMILES string of the molecule is Cc1ccc(Oc2ccc(-n3ccn(-c4ccc(OCCN(C)C)cc4)c3=O)cc2)cc1. The second kappa shape index (κ2) is 9.58. The van der Waals surface area contributed by atoms with Gasteiger partial charge in [0.2, 0.25) is 0 Å². The minimum Gasteiger partial charge on any atom is -0.492 e. The molecule has 6 nitrogen and oxygen atoms in total. The third-order valence-electron chi connectivity index (χ3n) is 5.07. The molecule has 0 spiro atoms. The quantitative estimate of drug-likeness (QED) is 0.408. The van der Waals surface area contributed by atoms with Crippen LogP contribution in [0.15, 0.2) is 90.0 Å². The van der Waals surface area contributed by atoms with Crippen molar-refractivity contribution in [1.29, 1.82) is 0 Å². The Kier molecular flexibility index (Phi) is 6.42. The van der Waals surface area contributed by atoms with Crippen LogP contribution in [-0.4, -0.2) is 41.3 Å². The predicted molar refractivity (Wildman–Crippen MR) is 127 cm³/mol. The minimum absolute atomic E-state index is 0.140. The van der Waals surface area contributed by atoms with Gasteiger partial charge >= 0.3 is 5.69 Å². The number of hydrogen-bond donors (Lipinski definition) is 0. The molecule has 0 aliphatic carbocycles. The summed E-state index contributed by atoms with van der Waals surface area (Å²) in [5.74, 6) is 2.28. The van der Waals surface area contributed by atoms with Crippen LogP contribution >= 0.6 is 0 Å². The number of benzene rings is 3. The number of rotatable bonds is 8. The molecule has 4 aromatic rings. The molecular weight excluding hydrogens is 402 g/mol. The Morgan fingerprint density at radius 2 is 1.19 bits per heavy atom. The molecule has 0 fully saturated rings. The number of hydrogen-bond acceptors (Lipinski definition) is 4. The standard InChI is InChI=1S/C26H27N3O3/c1-20-4-10-24(11-5-20)32-25-14-8-22(9-15-25)29-17-16-28(26(29)30)21-6-12-23(13-7-21)31-19-18-27(2)3/h4-17H,18-19H2,1-3H3. The smallest absolute Gasteiger partial charge is 0.337 e. The number of likely N-dealkylation sites (N-methyl/N-ethyl adjacent to an activating group) is 1. The summed E-state index contributed by atoms with van der Waals surface area (Å²) in [5.41, 5.74) is 2.60. The van der Waals surface area contributed by atoms with E-state index in [1.807, 2.05) is 93.8 Å². The van der Waals surface area contributed by atoms with Crippen molar-refractivity contribution in [2.75, 3.05) is 27.2 Å². The van der Waals surface area contributed by atoms with E-state index in [-0.39, 0.29) is 5.69 Å². The Hall–Kier alpha value is -3.77. The maximum absolute atomic E-state index is 13.0. The fourth-order valence-corrected chi connectivity index (χ4v) is 3.24. The normalized spacial score (nSPS) is 11.0. The first kappa shape index (κ1) is 21.5. The van der Waals surface area contributed by atoms with E-state index >= 15 is 0 Å².